The Hall–Kier alpha value is -2.64. The summed E-state index contributed by atoms with van der Waals surface area (Å²) in [5.41, 5.74) is 3.11. The molecule has 2 N–H and O–H groups in total. The lowest BCUT2D eigenvalue weighted by molar-refractivity contribution is -0.135. The van der Waals surface area contributed by atoms with E-state index in [4.69, 9.17) is 11.6 Å². The van der Waals surface area contributed by atoms with E-state index < -0.39 is 0 Å². The van der Waals surface area contributed by atoms with Gasteiger partial charge in [0, 0.05) is 54.5 Å². The number of fused-ring (bicyclic) bond motifs is 1. The van der Waals surface area contributed by atoms with E-state index in [-0.39, 0.29) is 17.9 Å². The van der Waals surface area contributed by atoms with E-state index in [1.54, 1.807) is 6.33 Å². The summed E-state index contributed by atoms with van der Waals surface area (Å²) in [6.07, 6.45) is 2.48. The molecule has 0 unspecified atom stereocenters. The number of benzene rings is 1. The number of allylic oxidation sites excluding steroid dienone is 1. The molecule has 1 aromatic carbocycles. The molecule has 0 radical (unpaired) electrons. The molecule has 0 saturated carbocycles. The molecular weight excluding hydrogens is 448 g/mol. The van der Waals surface area contributed by atoms with Gasteiger partial charge in [-0.05, 0) is 37.0 Å². The maximum absolute atomic E-state index is 13.8. The summed E-state index contributed by atoms with van der Waals surface area (Å²) in [5.74, 6) is 2.01. The van der Waals surface area contributed by atoms with E-state index in [9.17, 15) is 4.79 Å². The number of anilines is 2. The van der Waals surface area contributed by atoms with E-state index in [1.165, 1.54) is 0 Å². The Balaban J connectivity index is 1.52. The third kappa shape index (κ3) is 5.20. The number of nitrogens with zero attached hydrogens (tertiary/aromatic N) is 4. The first-order chi connectivity index (χ1) is 16.2. The van der Waals surface area contributed by atoms with Gasteiger partial charge in [-0.25, -0.2) is 9.97 Å². The molecule has 182 valence electrons. The van der Waals surface area contributed by atoms with Crippen LogP contribution in [-0.2, 0) is 4.79 Å². The van der Waals surface area contributed by atoms with Crippen molar-refractivity contribution in [1.82, 2.24) is 20.2 Å². The molecule has 1 saturated heterocycles. The summed E-state index contributed by atoms with van der Waals surface area (Å²) in [6.45, 7) is 15.3. The fourth-order valence-corrected chi connectivity index (χ4v) is 5.08. The molecular formula is C26H35ClN6O. The predicted molar refractivity (Wildman–Crippen MR) is 139 cm³/mol. The number of aromatic nitrogens is 2. The van der Waals surface area contributed by atoms with Gasteiger partial charge in [0.2, 0.25) is 5.91 Å². The molecule has 2 aromatic rings. The Kier molecular flexibility index (Phi) is 7.43. The number of nitrogens with one attached hydrogen (secondary N) is 2. The highest BCUT2D eigenvalue weighted by molar-refractivity contribution is 6.30. The zero-order valence-corrected chi connectivity index (χ0v) is 21.3. The monoisotopic (exact) mass is 482 g/mol. The molecule has 3 heterocycles. The van der Waals surface area contributed by atoms with Crippen LogP contribution in [-0.4, -0.2) is 59.0 Å². The Morgan fingerprint density at radius 3 is 2.65 bits per heavy atom. The van der Waals surface area contributed by atoms with Crippen LogP contribution in [0.25, 0.3) is 0 Å². The molecule has 1 aromatic heterocycles. The van der Waals surface area contributed by atoms with Gasteiger partial charge < -0.3 is 20.4 Å². The lowest BCUT2D eigenvalue weighted by Gasteiger charge is -2.43. The second kappa shape index (κ2) is 10.3. The van der Waals surface area contributed by atoms with Gasteiger partial charge in [-0.2, -0.15) is 0 Å². The molecule has 3 atom stereocenters. The largest absolute Gasteiger partial charge is 0.352 e. The SMILES string of the molecule is C=C1C[C@@H](C)c2c(ncnc2N2CCN(C(=O)[C@H](CNC(C)C)c3ccc(Cl)cc3)[C@@H](C)C2)N1. The third-order valence-corrected chi connectivity index (χ3v) is 6.97. The number of amides is 1. The average Bonchev–Trinajstić information content (AvgIpc) is 2.79. The van der Waals surface area contributed by atoms with Crippen molar-refractivity contribution in [2.75, 3.05) is 36.4 Å². The van der Waals surface area contributed by atoms with Crippen LogP contribution >= 0.6 is 11.6 Å². The number of rotatable bonds is 6. The topological polar surface area (TPSA) is 73.4 Å². The fraction of sp³-hybridized carbons (Fsp3) is 0.500. The van der Waals surface area contributed by atoms with Crippen molar-refractivity contribution < 1.29 is 4.79 Å². The van der Waals surface area contributed by atoms with Gasteiger partial charge in [0.15, 0.2) is 0 Å². The second-order valence-corrected chi connectivity index (χ2v) is 10.2. The summed E-state index contributed by atoms with van der Waals surface area (Å²) in [4.78, 5) is 27.2. The summed E-state index contributed by atoms with van der Waals surface area (Å²) in [5, 5.41) is 7.44. The van der Waals surface area contributed by atoms with Crippen molar-refractivity contribution in [3.8, 4) is 0 Å². The molecule has 4 rings (SSSR count). The standard InChI is InChI=1S/C26H35ClN6O/c1-16(2)28-13-22(20-6-8-21(27)9-7-20)26(34)33-11-10-32(14-19(33)5)25-23-17(3)12-18(4)31-24(23)29-15-30-25/h6-9,15-17,19,22,28H,4,10-14H2,1-3,5H3,(H,29,30,31)/t17-,19+,22-/m1/s1. The Labute approximate surface area is 207 Å². The van der Waals surface area contributed by atoms with Gasteiger partial charge in [-0.15, -0.1) is 0 Å². The molecule has 34 heavy (non-hydrogen) atoms. The van der Waals surface area contributed by atoms with E-state index in [1.807, 2.05) is 29.2 Å². The van der Waals surface area contributed by atoms with Gasteiger partial charge in [-0.3, -0.25) is 4.79 Å². The smallest absolute Gasteiger partial charge is 0.231 e. The van der Waals surface area contributed by atoms with Crippen LogP contribution in [0.15, 0.2) is 42.9 Å². The molecule has 0 aliphatic carbocycles. The van der Waals surface area contributed by atoms with E-state index in [0.29, 0.717) is 30.1 Å². The van der Waals surface area contributed by atoms with Crippen molar-refractivity contribution in [2.45, 2.75) is 58.0 Å². The van der Waals surface area contributed by atoms with Crippen molar-refractivity contribution in [3.05, 3.63) is 59.0 Å². The minimum absolute atomic E-state index is 0.0579. The molecule has 2 aliphatic rings. The highest BCUT2D eigenvalue weighted by atomic mass is 35.5. The van der Waals surface area contributed by atoms with Crippen molar-refractivity contribution in [1.29, 1.82) is 0 Å². The molecule has 1 fully saturated rings. The number of piperazine rings is 1. The first-order valence-electron chi connectivity index (χ1n) is 12.1. The van der Waals surface area contributed by atoms with E-state index in [2.05, 4.69) is 59.8 Å². The summed E-state index contributed by atoms with van der Waals surface area (Å²) in [7, 11) is 0. The van der Waals surface area contributed by atoms with Crippen molar-refractivity contribution in [2.24, 2.45) is 0 Å². The molecule has 8 heteroatoms. The molecule has 7 nitrogen and oxygen atoms in total. The number of carbonyl (C=O) groups is 1. The van der Waals surface area contributed by atoms with Gasteiger partial charge in [0.1, 0.15) is 18.0 Å². The van der Waals surface area contributed by atoms with Gasteiger partial charge in [-0.1, -0.05) is 51.1 Å². The second-order valence-electron chi connectivity index (χ2n) is 9.79. The summed E-state index contributed by atoms with van der Waals surface area (Å²) >= 11 is 6.10. The average molecular weight is 483 g/mol. The van der Waals surface area contributed by atoms with Crippen LogP contribution in [0.3, 0.4) is 0 Å². The Morgan fingerprint density at radius 1 is 1.24 bits per heavy atom. The maximum atomic E-state index is 13.8. The minimum Gasteiger partial charge on any atom is -0.352 e. The molecule has 2 aliphatic heterocycles. The van der Waals surface area contributed by atoms with Crippen LogP contribution in [0.1, 0.15) is 57.1 Å². The minimum atomic E-state index is -0.254. The summed E-state index contributed by atoms with van der Waals surface area (Å²) in [6, 6.07) is 7.99. The number of carbonyl (C=O) groups excluding carboxylic acids is 1. The highest BCUT2D eigenvalue weighted by Crippen LogP contribution is 2.39. The van der Waals surface area contributed by atoms with Gasteiger partial charge in [0.25, 0.3) is 0 Å². The van der Waals surface area contributed by atoms with Crippen LogP contribution in [0, 0.1) is 0 Å². The number of hydrogen-bond acceptors (Lipinski definition) is 6. The van der Waals surface area contributed by atoms with Gasteiger partial charge >= 0.3 is 0 Å². The van der Waals surface area contributed by atoms with Crippen molar-refractivity contribution in [3.63, 3.8) is 0 Å². The molecule has 0 bridgehead atoms. The number of halogens is 1. The normalized spacial score (nSPS) is 21.3. The highest BCUT2D eigenvalue weighted by Gasteiger charge is 2.35. The quantitative estimate of drug-likeness (QED) is 0.636. The first-order valence-corrected chi connectivity index (χ1v) is 12.5. The van der Waals surface area contributed by atoms with E-state index in [0.717, 1.165) is 48.0 Å². The molecule has 0 spiro atoms. The number of hydrogen-bond donors (Lipinski definition) is 2. The fourth-order valence-electron chi connectivity index (χ4n) is 4.96. The maximum Gasteiger partial charge on any atom is 0.231 e. The van der Waals surface area contributed by atoms with Crippen LogP contribution in [0.5, 0.6) is 0 Å². The first kappa shape index (κ1) is 24.5. The van der Waals surface area contributed by atoms with Crippen LogP contribution in [0.4, 0.5) is 11.6 Å². The summed E-state index contributed by atoms with van der Waals surface area (Å²) < 4.78 is 0. The molecule has 1 amide bonds. The van der Waals surface area contributed by atoms with Crippen LogP contribution < -0.4 is 15.5 Å². The van der Waals surface area contributed by atoms with Gasteiger partial charge in [0.05, 0.1) is 5.92 Å². The Morgan fingerprint density at radius 2 is 1.97 bits per heavy atom. The van der Waals surface area contributed by atoms with Crippen molar-refractivity contribution >= 4 is 29.1 Å². The zero-order chi connectivity index (χ0) is 24.4. The van der Waals surface area contributed by atoms with Crippen LogP contribution in [0.2, 0.25) is 5.02 Å². The zero-order valence-electron chi connectivity index (χ0n) is 20.5. The Bertz CT molecular complexity index is 1040. The lowest BCUT2D eigenvalue weighted by Crippen LogP contribution is -2.56. The lowest BCUT2D eigenvalue weighted by atomic mass is 9.93. The van der Waals surface area contributed by atoms with E-state index >= 15 is 0 Å². The third-order valence-electron chi connectivity index (χ3n) is 6.71. The predicted octanol–water partition coefficient (Wildman–Crippen LogP) is 4.38.